The Morgan fingerprint density at radius 3 is 2.43 bits per heavy atom. The van der Waals surface area contributed by atoms with E-state index in [1.54, 1.807) is 7.05 Å². The standard InChI is InChI=1S/C12H20ClN3O4S/c1-7(2)6-9(12(17)20-5)15-21(18,19)10-8(3)14-16(4)11(10)13/h7,9,15H,6H2,1-5H3. The lowest BCUT2D eigenvalue weighted by molar-refractivity contribution is -0.143. The quantitative estimate of drug-likeness (QED) is 0.789. The molecule has 0 spiro atoms. The molecule has 120 valence electrons. The maximum Gasteiger partial charge on any atom is 0.323 e. The van der Waals surface area contributed by atoms with Gasteiger partial charge < -0.3 is 4.74 Å². The maximum atomic E-state index is 12.4. The topological polar surface area (TPSA) is 90.3 Å². The van der Waals surface area contributed by atoms with E-state index < -0.39 is 22.0 Å². The third kappa shape index (κ3) is 4.18. The summed E-state index contributed by atoms with van der Waals surface area (Å²) in [5.41, 5.74) is 0.267. The lowest BCUT2D eigenvalue weighted by atomic mass is 10.1. The number of esters is 1. The highest BCUT2D eigenvalue weighted by Gasteiger charge is 2.31. The van der Waals surface area contributed by atoms with E-state index >= 15 is 0 Å². The summed E-state index contributed by atoms with van der Waals surface area (Å²) in [6.45, 7) is 5.30. The van der Waals surface area contributed by atoms with Crippen molar-refractivity contribution in [3.63, 3.8) is 0 Å². The highest BCUT2D eigenvalue weighted by atomic mass is 35.5. The van der Waals surface area contributed by atoms with Crippen molar-refractivity contribution in [2.75, 3.05) is 7.11 Å². The van der Waals surface area contributed by atoms with Crippen LogP contribution >= 0.6 is 11.6 Å². The van der Waals surface area contributed by atoms with Crippen molar-refractivity contribution >= 4 is 27.6 Å². The molecule has 1 aromatic heterocycles. The first-order chi connectivity index (χ1) is 9.60. The van der Waals surface area contributed by atoms with Crippen molar-refractivity contribution in [3.8, 4) is 0 Å². The molecule has 0 radical (unpaired) electrons. The van der Waals surface area contributed by atoms with Crippen molar-refractivity contribution < 1.29 is 17.9 Å². The van der Waals surface area contributed by atoms with Gasteiger partial charge in [0.25, 0.3) is 0 Å². The number of hydrogen-bond donors (Lipinski definition) is 1. The van der Waals surface area contributed by atoms with E-state index in [9.17, 15) is 13.2 Å². The Morgan fingerprint density at radius 2 is 2.05 bits per heavy atom. The Labute approximate surface area is 129 Å². The molecule has 0 bridgehead atoms. The van der Waals surface area contributed by atoms with Gasteiger partial charge in [0.05, 0.1) is 12.8 Å². The number of hydrogen-bond acceptors (Lipinski definition) is 5. The zero-order valence-electron chi connectivity index (χ0n) is 12.7. The number of aryl methyl sites for hydroxylation is 2. The molecule has 7 nitrogen and oxygen atoms in total. The Kier molecular flexibility index (Phi) is 5.77. The van der Waals surface area contributed by atoms with E-state index in [0.29, 0.717) is 6.42 Å². The number of methoxy groups -OCH3 is 1. The average molecular weight is 338 g/mol. The second-order valence-corrected chi connectivity index (χ2v) is 7.16. The van der Waals surface area contributed by atoms with Gasteiger partial charge in [-0.25, -0.2) is 8.42 Å². The molecular formula is C12H20ClN3O4S. The van der Waals surface area contributed by atoms with Gasteiger partial charge in [0.2, 0.25) is 10.0 Å². The van der Waals surface area contributed by atoms with Crippen LogP contribution in [0.15, 0.2) is 4.90 Å². The van der Waals surface area contributed by atoms with Crippen LogP contribution in [0.3, 0.4) is 0 Å². The lowest BCUT2D eigenvalue weighted by Crippen LogP contribution is -2.42. The van der Waals surface area contributed by atoms with Gasteiger partial charge in [-0.15, -0.1) is 0 Å². The number of aromatic nitrogens is 2. The van der Waals surface area contributed by atoms with Crippen LogP contribution in [0.25, 0.3) is 0 Å². The molecule has 0 aliphatic rings. The van der Waals surface area contributed by atoms with Gasteiger partial charge in [-0.05, 0) is 19.3 Å². The number of nitrogens with one attached hydrogen (secondary N) is 1. The van der Waals surface area contributed by atoms with Crippen LogP contribution in [0.1, 0.15) is 26.0 Å². The number of carbonyl (C=O) groups excluding carboxylic acids is 1. The molecule has 1 unspecified atom stereocenters. The second kappa shape index (κ2) is 6.76. The summed E-state index contributed by atoms with van der Waals surface area (Å²) in [6, 6.07) is -0.962. The number of carbonyl (C=O) groups is 1. The molecule has 1 aromatic rings. The summed E-state index contributed by atoms with van der Waals surface area (Å²) < 4.78 is 33.1. The fourth-order valence-corrected chi connectivity index (χ4v) is 3.92. The monoisotopic (exact) mass is 337 g/mol. The first-order valence-electron chi connectivity index (χ1n) is 6.39. The van der Waals surface area contributed by atoms with Gasteiger partial charge in [0, 0.05) is 7.05 Å². The maximum absolute atomic E-state index is 12.4. The van der Waals surface area contributed by atoms with Crippen LogP contribution in [0.5, 0.6) is 0 Å². The minimum atomic E-state index is -3.97. The molecule has 21 heavy (non-hydrogen) atoms. The van der Waals surface area contributed by atoms with Gasteiger partial charge in [-0.3, -0.25) is 9.48 Å². The third-order valence-electron chi connectivity index (χ3n) is 2.86. The molecular weight excluding hydrogens is 318 g/mol. The van der Waals surface area contributed by atoms with E-state index in [-0.39, 0.29) is 21.7 Å². The SMILES string of the molecule is COC(=O)C(CC(C)C)NS(=O)(=O)c1c(C)nn(C)c1Cl. The largest absolute Gasteiger partial charge is 0.468 e. The van der Waals surface area contributed by atoms with Crippen molar-refractivity contribution in [2.24, 2.45) is 13.0 Å². The van der Waals surface area contributed by atoms with Crippen LogP contribution in [0, 0.1) is 12.8 Å². The average Bonchev–Trinajstić information content (AvgIpc) is 2.60. The van der Waals surface area contributed by atoms with Crippen LogP contribution < -0.4 is 4.72 Å². The summed E-state index contributed by atoms with van der Waals surface area (Å²) in [7, 11) is -1.21. The molecule has 0 fully saturated rings. The number of halogens is 1. The number of sulfonamides is 1. The molecule has 0 amide bonds. The minimum Gasteiger partial charge on any atom is -0.468 e. The van der Waals surface area contributed by atoms with E-state index in [4.69, 9.17) is 11.6 Å². The number of rotatable bonds is 6. The first kappa shape index (κ1) is 17.9. The van der Waals surface area contributed by atoms with Crippen molar-refractivity contribution in [2.45, 2.75) is 38.1 Å². The highest BCUT2D eigenvalue weighted by molar-refractivity contribution is 7.89. The van der Waals surface area contributed by atoms with Gasteiger partial charge in [0.1, 0.15) is 16.1 Å². The Morgan fingerprint density at radius 1 is 1.48 bits per heavy atom. The van der Waals surface area contributed by atoms with Gasteiger partial charge >= 0.3 is 5.97 Å². The second-order valence-electron chi connectivity index (χ2n) is 5.16. The van der Waals surface area contributed by atoms with Gasteiger partial charge in [-0.1, -0.05) is 25.4 Å². The molecule has 1 atom stereocenters. The van der Waals surface area contributed by atoms with Crippen LogP contribution in [0.4, 0.5) is 0 Å². The summed E-state index contributed by atoms with van der Waals surface area (Å²) in [4.78, 5) is 11.6. The molecule has 0 saturated carbocycles. The molecule has 1 rings (SSSR count). The van der Waals surface area contributed by atoms with Crippen LogP contribution in [0.2, 0.25) is 5.15 Å². The fourth-order valence-electron chi connectivity index (χ4n) is 1.97. The minimum absolute atomic E-state index is 0.00633. The van der Waals surface area contributed by atoms with Crippen molar-refractivity contribution in [1.29, 1.82) is 0 Å². The molecule has 0 aliphatic heterocycles. The van der Waals surface area contributed by atoms with Crippen LogP contribution in [-0.2, 0) is 26.6 Å². The molecule has 9 heteroatoms. The van der Waals surface area contributed by atoms with Crippen molar-refractivity contribution in [3.05, 3.63) is 10.8 Å². The first-order valence-corrected chi connectivity index (χ1v) is 8.25. The zero-order chi connectivity index (χ0) is 16.4. The summed E-state index contributed by atoms with van der Waals surface area (Å²) in [6.07, 6.45) is 0.322. The number of nitrogens with zero attached hydrogens (tertiary/aromatic N) is 2. The van der Waals surface area contributed by atoms with Crippen molar-refractivity contribution in [1.82, 2.24) is 14.5 Å². The summed E-state index contributed by atoms with van der Waals surface area (Å²) >= 11 is 5.97. The smallest absolute Gasteiger partial charge is 0.323 e. The Bertz CT molecular complexity index is 625. The normalized spacial score (nSPS) is 13.5. The highest BCUT2D eigenvalue weighted by Crippen LogP contribution is 2.24. The predicted octanol–water partition coefficient (Wildman–Crippen LogP) is 1.25. The van der Waals surface area contributed by atoms with Gasteiger partial charge in [0.15, 0.2) is 0 Å². The summed E-state index contributed by atoms with van der Waals surface area (Å²) in [5.74, 6) is -0.521. The predicted molar refractivity (Wildman–Crippen MR) is 78.5 cm³/mol. The van der Waals surface area contributed by atoms with Gasteiger partial charge in [-0.2, -0.15) is 9.82 Å². The molecule has 1 heterocycles. The van der Waals surface area contributed by atoms with E-state index in [0.717, 1.165) is 0 Å². The molecule has 0 aliphatic carbocycles. The third-order valence-corrected chi connectivity index (χ3v) is 5.03. The molecule has 0 saturated heterocycles. The Balaban J connectivity index is 3.14. The lowest BCUT2D eigenvalue weighted by Gasteiger charge is -2.18. The summed E-state index contributed by atoms with van der Waals surface area (Å²) in [5, 5.41) is 3.95. The Hall–Kier alpha value is -1.12. The fraction of sp³-hybridized carbons (Fsp3) is 0.667. The zero-order valence-corrected chi connectivity index (χ0v) is 14.2. The number of ether oxygens (including phenoxy) is 1. The van der Waals surface area contributed by atoms with E-state index in [2.05, 4.69) is 14.6 Å². The molecule has 1 N–H and O–H groups in total. The van der Waals surface area contributed by atoms with E-state index in [1.807, 2.05) is 13.8 Å². The molecule has 0 aromatic carbocycles. The van der Waals surface area contributed by atoms with Crippen LogP contribution in [-0.4, -0.2) is 37.3 Å². The van der Waals surface area contributed by atoms with E-state index in [1.165, 1.54) is 18.7 Å².